The Morgan fingerprint density at radius 2 is 1.87 bits per heavy atom. The monoisotopic (exact) mass is 230 g/mol. The van der Waals surface area contributed by atoms with Gasteiger partial charge in [0.25, 0.3) is 0 Å². The van der Waals surface area contributed by atoms with E-state index in [1.54, 1.807) is 0 Å². The summed E-state index contributed by atoms with van der Waals surface area (Å²) < 4.78 is 5.68. The number of thiocarbonyl (C=S) groups is 1. The van der Waals surface area contributed by atoms with Crippen LogP contribution in [-0.2, 0) is 4.74 Å². The third-order valence-electron chi connectivity index (χ3n) is 2.50. The summed E-state index contributed by atoms with van der Waals surface area (Å²) in [6.07, 6.45) is 8.53. The number of ether oxygens (including phenoxy) is 1. The van der Waals surface area contributed by atoms with E-state index in [0.717, 1.165) is 25.9 Å². The van der Waals surface area contributed by atoms with Crippen LogP contribution >= 0.6 is 12.2 Å². The zero-order valence-corrected chi connectivity index (χ0v) is 11.4. The molecule has 0 N–H and O–H groups in total. The highest BCUT2D eigenvalue weighted by Crippen LogP contribution is 2.08. The first-order chi connectivity index (χ1) is 7.20. The molecule has 0 aromatic carbocycles. The van der Waals surface area contributed by atoms with Crippen LogP contribution in [0.25, 0.3) is 0 Å². The Balaban J connectivity index is 3.30. The first kappa shape index (κ1) is 15.0. The molecule has 0 aliphatic rings. The second-order valence-electron chi connectivity index (χ2n) is 4.22. The first-order valence-electron chi connectivity index (χ1n) is 6.34. The molecule has 0 fully saturated rings. The van der Waals surface area contributed by atoms with E-state index in [2.05, 4.69) is 20.8 Å². The van der Waals surface area contributed by atoms with Crippen molar-refractivity contribution in [3.63, 3.8) is 0 Å². The molecule has 1 nitrogen and oxygen atoms in total. The Morgan fingerprint density at radius 1 is 1.13 bits per heavy atom. The van der Waals surface area contributed by atoms with E-state index in [9.17, 15) is 0 Å². The van der Waals surface area contributed by atoms with Gasteiger partial charge in [-0.25, -0.2) is 0 Å². The van der Waals surface area contributed by atoms with E-state index in [4.69, 9.17) is 17.0 Å². The average Bonchev–Trinajstić information content (AvgIpc) is 2.18. The average molecular weight is 230 g/mol. The summed E-state index contributed by atoms with van der Waals surface area (Å²) in [4.78, 5) is 1.23. The number of hydrogen-bond acceptors (Lipinski definition) is 2. The van der Waals surface area contributed by atoms with Crippen molar-refractivity contribution in [2.24, 2.45) is 0 Å². The third-order valence-corrected chi connectivity index (χ3v) is 2.90. The van der Waals surface area contributed by atoms with E-state index in [0.29, 0.717) is 6.10 Å². The predicted molar refractivity (Wildman–Crippen MR) is 71.7 cm³/mol. The van der Waals surface area contributed by atoms with Gasteiger partial charge in [0, 0.05) is 6.61 Å². The number of unbranched alkanes of at least 4 members (excludes halogenated alkanes) is 1. The molecule has 0 aromatic heterocycles. The zero-order valence-electron chi connectivity index (χ0n) is 10.6. The van der Waals surface area contributed by atoms with Crippen molar-refractivity contribution in [2.45, 2.75) is 71.8 Å². The van der Waals surface area contributed by atoms with Crippen molar-refractivity contribution in [1.82, 2.24) is 0 Å². The highest BCUT2D eigenvalue weighted by atomic mass is 32.1. The van der Waals surface area contributed by atoms with E-state index >= 15 is 0 Å². The van der Waals surface area contributed by atoms with Gasteiger partial charge in [0.05, 0.1) is 6.10 Å². The van der Waals surface area contributed by atoms with Gasteiger partial charge in [-0.15, -0.1) is 0 Å². The van der Waals surface area contributed by atoms with Crippen LogP contribution in [0.15, 0.2) is 0 Å². The second-order valence-corrected chi connectivity index (χ2v) is 4.79. The van der Waals surface area contributed by atoms with Crippen molar-refractivity contribution in [2.75, 3.05) is 6.61 Å². The molecular weight excluding hydrogens is 204 g/mol. The van der Waals surface area contributed by atoms with Crippen LogP contribution in [0.5, 0.6) is 0 Å². The van der Waals surface area contributed by atoms with E-state index in [1.807, 2.05) is 0 Å². The molecule has 0 heterocycles. The minimum Gasteiger partial charge on any atom is -0.379 e. The molecule has 0 aliphatic heterocycles. The summed E-state index contributed by atoms with van der Waals surface area (Å²) in [5.74, 6) is 0. The van der Waals surface area contributed by atoms with Gasteiger partial charge in [0.2, 0.25) is 0 Å². The highest BCUT2D eigenvalue weighted by Gasteiger charge is 2.02. The summed E-state index contributed by atoms with van der Waals surface area (Å²) in [5, 5.41) is 0. The Morgan fingerprint density at radius 3 is 2.47 bits per heavy atom. The molecule has 2 heteroatoms. The van der Waals surface area contributed by atoms with Crippen LogP contribution in [0.3, 0.4) is 0 Å². The summed E-state index contributed by atoms with van der Waals surface area (Å²) in [6, 6.07) is 0. The number of rotatable bonds is 10. The third kappa shape index (κ3) is 10.3. The Labute approximate surface area is 101 Å². The molecule has 0 aromatic rings. The van der Waals surface area contributed by atoms with Crippen LogP contribution in [0.4, 0.5) is 0 Å². The van der Waals surface area contributed by atoms with E-state index < -0.39 is 0 Å². The van der Waals surface area contributed by atoms with Crippen molar-refractivity contribution in [1.29, 1.82) is 0 Å². The Hall–Kier alpha value is 0.0500. The lowest BCUT2D eigenvalue weighted by atomic mass is 10.1. The maximum atomic E-state index is 5.68. The normalized spacial score (nSPS) is 12.7. The summed E-state index contributed by atoms with van der Waals surface area (Å²) in [7, 11) is 0. The molecule has 15 heavy (non-hydrogen) atoms. The molecular formula is C13H26OS. The molecule has 90 valence electrons. The van der Waals surface area contributed by atoms with Crippen molar-refractivity contribution in [3.05, 3.63) is 0 Å². The van der Waals surface area contributed by atoms with Gasteiger partial charge in [-0.2, -0.15) is 0 Å². The van der Waals surface area contributed by atoms with Gasteiger partial charge in [-0.3, -0.25) is 0 Å². The molecule has 0 amide bonds. The second kappa shape index (κ2) is 10.6. The van der Waals surface area contributed by atoms with Crippen LogP contribution < -0.4 is 0 Å². The highest BCUT2D eigenvalue weighted by molar-refractivity contribution is 7.80. The molecule has 0 saturated carbocycles. The lowest BCUT2D eigenvalue weighted by molar-refractivity contribution is 0.0574. The van der Waals surface area contributed by atoms with Gasteiger partial charge < -0.3 is 4.74 Å². The topological polar surface area (TPSA) is 9.23 Å². The SMILES string of the molecule is CCCCOC(C)CCCC(=S)CCC. The Kier molecular flexibility index (Phi) is 10.6. The van der Waals surface area contributed by atoms with Crippen LogP contribution in [0, 0.1) is 0 Å². The molecule has 1 atom stereocenters. The fraction of sp³-hybridized carbons (Fsp3) is 0.923. The van der Waals surface area contributed by atoms with Crippen LogP contribution in [0.2, 0.25) is 0 Å². The van der Waals surface area contributed by atoms with Gasteiger partial charge >= 0.3 is 0 Å². The maximum absolute atomic E-state index is 5.68. The van der Waals surface area contributed by atoms with Crippen LogP contribution in [0.1, 0.15) is 65.7 Å². The van der Waals surface area contributed by atoms with Gasteiger partial charge in [-0.05, 0) is 43.9 Å². The van der Waals surface area contributed by atoms with Gasteiger partial charge in [0.15, 0.2) is 0 Å². The summed E-state index contributed by atoms with van der Waals surface area (Å²) in [6.45, 7) is 7.45. The zero-order chi connectivity index (χ0) is 11.5. The standard InChI is InChI=1S/C13H26OS/c1-4-6-11-14-12(3)9-7-10-13(15)8-5-2/h12H,4-11H2,1-3H3. The van der Waals surface area contributed by atoms with Crippen LogP contribution in [-0.4, -0.2) is 17.6 Å². The lowest BCUT2D eigenvalue weighted by Gasteiger charge is -2.12. The molecule has 0 saturated heterocycles. The molecule has 0 aliphatic carbocycles. The molecule has 0 bridgehead atoms. The van der Waals surface area contributed by atoms with Crippen molar-refractivity contribution < 1.29 is 4.74 Å². The van der Waals surface area contributed by atoms with Crippen molar-refractivity contribution in [3.8, 4) is 0 Å². The van der Waals surface area contributed by atoms with Gasteiger partial charge in [-0.1, -0.05) is 38.9 Å². The molecule has 0 radical (unpaired) electrons. The van der Waals surface area contributed by atoms with E-state index in [1.165, 1.54) is 30.5 Å². The summed E-state index contributed by atoms with van der Waals surface area (Å²) >= 11 is 5.27. The van der Waals surface area contributed by atoms with Crippen molar-refractivity contribution >= 4 is 17.1 Å². The fourth-order valence-corrected chi connectivity index (χ4v) is 1.85. The molecule has 1 unspecified atom stereocenters. The minimum absolute atomic E-state index is 0.404. The van der Waals surface area contributed by atoms with E-state index in [-0.39, 0.29) is 0 Å². The predicted octanol–water partition coefficient (Wildman–Crippen LogP) is 4.53. The molecule has 0 spiro atoms. The lowest BCUT2D eigenvalue weighted by Crippen LogP contribution is -2.09. The summed E-state index contributed by atoms with van der Waals surface area (Å²) in [5.41, 5.74) is 0. The fourth-order valence-electron chi connectivity index (χ4n) is 1.50. The quantitative estimate of drug-likeness (QED) is 0.403. The number of hydrogen-bond donors (Lipinski definition) is 0. The largest absolute Gasteiger partial charge is 0.379 e. The minimum atomic E-state index is 0.404. The first-order valence-corrected chi connectivity index (χ1v) is 6.74. The van der Waals surface area contributed by atoms with Gasteiger partial charge in [0.1, 0.15) is 0 Å². The molecule has 0 rings (SSSR count). The maximum Gasteiger partial charge on any atom is 0.0547 e. The smallest absolute Gasteiger partial charge is 0.0547 e. The Bertz CT molecular complexity index is 157.